The summed E-state index contributed by atoms with van der Waals surface area (Å²) < 4.78 is 11.8. The van der Waals surface area contributed by atoms with Crippen molar-refractivity contribution < 1.29 is 14.3 Å². The van der Waals surface area contributed by atoms with Crippen LogP contribution in [-0.4, -0.2) is 30.2 Å². The van der Waals surface area contributed by atoms with E-state index in [9.17, 15) is 4.79 Å². The van der Waals surface area contributed by atoms with Crippen molar-refractivity contribution in [3.05, 3.63) is 52.5 Å². The van der Waals surface area contributed by atoms with Gasteiger partial charge in [-0.25, -0.2) is 0 Å². The first kappa shape index (κ1) is 18.3. The van der Waals surface area contributed by atoms with Gasteiger partial charge in [0.1, 0.15) is 0 Å². The molecule has 0 atom stereocenters. The van der Waals surface area contributed by atoms with Gasteiger partial charge in [0, 0.05) is 17.1 Å². The van der Waals surface area contributed by atoms with Crippen molar-refractivity contribution in [3.8, 4) is 11.5 Å². The van der Waals surface area contributed by atoms with E-state index < -0.39 is 0 Å². The summed E-state index contributed by atoms with van der Waals surface area (Å²) in [5.41, 5.74) is 1.94. The molecule has 4 rings (SSSR count). The van der Waals surface area contributed by atoms with E-state index in [1.807, 2.05) is 36.4 Å². The smallest absolute Gasteiger partial charge is 0.238 e. The fraction of sp³-hybridized carbons (Fsp3) is 0.381. The van der Waals surface area contributed by atoms with E-state index in [0.717, 1.165) is 46.6 Å². The van der Waals surface area contributed by atoms with Crippen molar-refractivity contribution in [1.29, 1.82) is 0 Å². The van der Waals surface area contributed by atoms with Crippen LogP contribution in [0.1, 0.15) is 31.2 Å². The fourth-order valence-electron chi connectivity index (χ4n) is 3.79. The van der Waals surface area contributed by atoms with Crippen LogP contribution in [0, 0.1) is 0 Å². The summed E-state index contributed by atoms with van der Waals surface area (Å²) in [6.07, 6.45) is 4.75. The van der Waals surface area contributed by atoms with Crippen molar-refractivity contribution in [3.63, 3.8) is 0 Å². The van der Waals surface area contributed by atoms with Gasteiger partial charge in [-0.3, -0.25) is 9.69 Å². The van der Waals surface area contributed by atoms with Crippen LogP contribution in [-0.2, 0) is 11.3 Å². The summed E-state index contributed by atoms with van der Waals surface area (Å²) in [6, 6.07) is 14.2. The maximum absolute atomic E-state index is 12.7. The number of carbonyl (C=O) groups excluding carboxylic acids is 1. The van der Waals surface area contributed by atoms with Crippen LogP contribution in [0.4, 0.5) is 5.69 Å². The van der Waals surface area contributed by atoms with Gasteiger partial charge in [0.25, 0.3) is 0 Å². The standard InChI is InChI=1S/C21H23BrN2O3/c22-17-7-3-4-8-18(17)23-21(25)13-24(16-5-1-2-6-16)12-15-9-10-19-20(11-15)27-14-26-19/h3-4,7-11,16H,1-2,5-6,12-14H2,(H,23,25). The number of rotatable bonds is 6. The second-order valence-corrected chi connectivity index (χ2v) is 7.91. The summed E-state index contributed by atoms with van der Waals surface area (Å²) in [6.45, 7) is 1.38. The topological polar surface area (TPSA) is 50.8 Å². The number of para-hydroxylation sites is 1. The molecule has 0 aromatic heterocycles. The molecule has 5 nitrogen and oxygen atoms in total. The van der Waals surface area contributed by atoms with Gasteiger partial charge in [-0.1, -0.05) is 31.0 Å². The molecule has 0 unspecified atom stereocenters. The Morgan fingerprint density at radius 3 is 2.70 bits per heavy atom. The lowest BCUT2D eigenvalue weighted by Crippen LogP contribution is -2.39. The number of nitrogens with one attached hydrogen (secondary N) is 1. The minimum Gasteiger partial charge on any atom is -0.454 e. The molecule has 1 aliphatic heterocycles. The maximum atomic E-state index is 12.7. The highest BCUT2D eigenvalue weighted by Crippen LogP contribution is 2.33. The molecule has 0 radical (unpaired) electrons. The maximum Gasteiger partial charge on any atom is 0.238 e. The molecule has 2 aliphatic rings. The van der Waals surface area contributed by atoms with Gasteiger partial charge >= 0.3 is 0 Å². The van der Waals surface area contributed by atoms with Gasteiger partial charge in [-0.2, -0.15) is 0 Å². The highest BCUT2D eigenvalue weighted by Gasteiger charge is 2.25. The highest BCUT2D eigenvalue weighted by atomic mass is 79.9. The summed E-state index contributed by atoms with van der Waals surface area (Å²) in [7, 11) is 0. The number of ether oxygens (including phenoxy) is 2. The third-order valence-electron chi connectivity index (χ3n) is 5.16. The lowest BCUT2D eigenvalue weighted by atomic mass is 10.1. The summed E-state index contributed by atoms with van der Waals surface area (Å²) in [4.78, 5) is 15.0. The molecule has 1 N–H and O–H groups in total. The average molecular weight is 431 g/mol. The molecule has 27 heavy (non-hydrogen) atoms. The third kappa shape index (κ3) is 4.45. The molecular weight excluding hydrogens is 408 g/mol. The summed E-state index contributed by atoms with van der Waals surface area (Å²) in [5.74, 6) is 1.59. The Morgan fingerprint density at radius 2 is 1.89 bits per heavy atom. The number of carbonyl (C=O) groups is 1. The number of fused-ring (bicyclic) bond motifs is 1. The van der Waals surface area contributed by atoms with Gasteiger partial charge in [0.05, 0.1) is 12.2 Å². The Labute approximate surface area is 167 Å². The van der Waals surface area contributed by atoms with Gasteiger partial charge in [-0.15, -0.1) is 0 Å². The Balaban J connectivity index is 1.46. The molecule has 1 amide bonds. The monoisotopic (exact) mass is 430 g/mol. The number of nitrogens with zero attached hydrogens (tertiary/aromatic N) is 1. The molecule has 0 saturated heterocycles. The molecule has 6 heteroatoms. The summed E-state index contributed by atoms with van der Waals surface area (Å²) in [5, 5.41) is 3.02. The van der Waals surface area contributed by atoms with E-state index in [1.54, 1.807) is 0 Å². The van der Waals surface area contributed by atoms with E-state index in [2.05, 4.69) is 32.2 Å². The molecular formula is C21H23BrN2O3. The molecule has 142 valence electrons. The number of halogens is 1. The quantitative estimate of drug-likeness (QED) is 0.729. The van der Waals surface area contributed by atoms with E-state index >= 15 is 0 Å². The van der Waals surface area contributed by atoms with E-state index in [1.165, 1.54) is 12.8 Å². The zero-order chi connectivity index (χ0) is 18.6. The van der Waals surface area contributed by atoms with Crippen molar-refractivity contribution in [2.24, 2.45) is 0 Å². The molecule has 2 aromatic carbocycles. The molecule has 0 bridgehead atoms. The number of benzene rings is 2. The third-order valence-corrected chi connectivity index (χ3v) is 5.85. The second-order valence-electron chi connectivity index (χ2n) is 7.06. The van der Waals surface area contributed by atoms with E-state index in [0.29, 0.717) is 12.6 Å². The lowest BCUT2D eigenvalue weighted by molar-refractivity contribution is -0.118. The van der Waals surface area contributed by atoms with E-state index in [4.69, 9.17) is 9.47 Å². The Bertz CT molecular complexity index is 821. The molecule has 1 saturated carbocycles. The van der Waals surface area contributed by atoms with Crippen LogP contribution < -0.4 is 14.8 Å². The summed E-state index contributed by atoms with van der Waals surface area (Å²) >= 11 is 3.49. The Hall–Kier alpha value is -2.05. The van der Waals surface area contributed by atoms with Crippen molar-refractivity contribution in [1.82, 2.24) is 4.90 Å². The van der Waals surface area contributed by atoms with Gasteiger partial charge in [0.15, 0.2) is 11.5 Å². The minimum absolute atomic E-state index is 0.00884. The zero-order valence-corrected chi connectivity index (χ0v) is 16.7. The fourth-order valence-corrected chi connectivity index (χ4v) is 4.18. The zero-order valence-electron chi connectivity index (χ0n) is 15.1. The van der Waals surface area contributed by atoms with Crippen LogP contribution in [0.2, 0.25) is 0 Å². The molecule has 2 aromatic rings. The first-order chi connectivity index (χ1) is 13.2. The highest BCUT2D eigenvalue weighted by molar-refractivity contribution is 9.10. The Kier molecular flexibility index (Phi) is 5.64. The van der Waals surface area contributed by atoms with Crippen molar-refractivity contribution in [2.75, 3.05) is 18.7 Å². The van der Waals surface area contributed by atoms with Crippen LogP contribution in [0.3, 0.4) is 0 Å². The van der Waals surface area contributed by atoms with Crippen LogP contribution in [0.25, 0.3) is 0 Å². The normalized spacial score (nSPS) is 16.1. The second kappa shape index (κ2) is 8.31. The predicted octanol–water partition coefficient (Wildman–Crippen LogP) is 4.56. The van der Waals surface area contributed by atoms with E-state index in [-0.39, 0.29) is 12.7 Å². The lowest BCUT2D eigenvalue weighted by Gasteiger charge is -2.28. The molecule has 1 heterocycles. The molecule has 0 spiro atoms. The minimum atomic E-state index is 0.00884. The number of amides is 1. The number of hydrogen-bond donors (Lipinski definition) is 1. The first-order valence-electron chi connectivity index (χ1n) is 9.36. The Morgan fingerprint density at radius 1 is 1.11 bits per heavy atom. The van der Waals surface area contributed by atoms with Crippen LogP contribution in [0.15, 0.2) is 46.9 Å². The number of hydrogen-bond acceptors (Lipinski definition) is 4. The number of anilines is 1. The average Bonchev–Trinajstić information content (AvgIpc) is 3.34. The van der Waals surface area contributed by atoms with Gasteiger partial charge < -0.3 is 14.8 Å². The van der Waals surface area contributed by atoms with Gasteiger partial charge in [-0.05, 0) is 58.6 Å². The van der Waals surface area contributed by atoms with Crippen LogP contribution >= 0.6 is 15.9 Å². The van der Waals surface area contributed by atoms with Crippen molar-refractivity contribution >= 4 is 27.5 Å². The first-order valence-corrected chi connectivity index (χ1v) is 10.2. The molecule has 1 aliphatic carbocycles. The SMILES string of the molecule is O=C(CN(Cc1ccc2c(c1)OCO2)C1CCCC1)Nc1ccccc1Br. The molecule has 1 fully saturated rings. The van der Waals surface area contributed by atoms with Gasteiger partial charge in [0.2, 0.25) is 12.7 Å². The largest absolute Gasteiger partial charge is 0.454 e. The predicted molar refractivity (Wildman–Crippen MR) is 108 cm³/mol. The van der Waals surface area contributed by atoms with Crippen LogP contribution in [0.5, 0.6) is 11.5 Å². The van der Waals surface area contributed by atoms with Crippen molar-refractivity contribution in [2.45, 2.75) is 38.3 Å².